The Morgan fingerprint density at radius 2 is 2.29 bits per heavy atom. The third kappa shape index (κ3) is 4.53. The first-order chi connectivity index (χ1) is 6.49. The van der Waals surface area contributed by atoms with Gasteiger partial charge in [-0.05, 0) is 6.92 Å². The molecule has 6 heteroatoms. The first-order valence-corrected chi connectivity index (χ1v) is 4.04. The Labute approximate surface area is 83.2 Å². The SMILES string of the molecule is BC(=O)N[C@H](C(=O)O)[C@@H](C)OCC#C. The van der Waals surface area contributed by atoms with Crippen LogP contribution in [0.1, 0.15) is 6.92 Å². The molecule has 1 amide bonds. The summed E-state index contributed by atoms with van der Waals surface area (Å²) in [5.41, 5.74) is 0. The highest BCUT2D eigenvalue weighted by Gasteiger charge is 2.25. The van der Waals surface area contributed by atoms with Crippen molar-refractivity contribution in [3.05, 3.63) is 0 Å². The highest BCUT2D eigenvalue weighted by molar-refractivity contribution is 6.57. The molecular formula is C8H12BNO4. The van der Waals surface area contributed by atoms with Gasteiger partial charge in [0.25, 0.3) is 0 Å². The van der Waals surface area contributed by atoms with Crippen molar-refractivity contribution in [2.45, 2.75) is 19.1 Å². The van der Waals surface area contributed by atoms with Crippen molar-refractivity contribution >= 4 is 19.6 Å². The fraction of sp³-hybridized carbons (Fsp3) is 0.500. The number of amides is 1. The molecule has 0 aliphatic heterocycles. The van der Waals surface area contributed by atoms with Gasteiger partial charge >= 0.3 is 5.97 Å². The number of ether oxygens (including phenoxy) is 1. The molecule has 5 nitrogen and oxygen atoms in total. The number of carbonyl (C=O) groups is 2. The van der Waals surface area contributed by atoms with Gasteiger partial charge in [-0.1, -0.05) is 5.92 Å². The summed E-state index contributed by atoms with van der Waals surface area (Å²) in [6.45, 7) is 1.55. The first-order valence-electron chi connectivity index (χ1n) is 4.04. The lowest BCUT2D eigenvalue weighted by Gasteiger charge is -2.20. The number of hydrogen-bond donors (Lipinski definition) is 2. The van der Waals surface area contributed by atoms with E-state index in [1.165, 1.54) is 14.8 Å². The molecule has 0 aromatic rings. The summed E-state index contributed by atoms with van der Waals surface area (Å²) >= 11 is 0. The van der Waals surface area contributed by atoms with E-state index in [2.05, 4.69) is 11.2 Å². The number of nitrogens with one attached hydrogen (secondary N) is 1. The lowest BCUT2D eigenvalue weighted by Crippen LogP contribution is -2.48. The predicted molar refractivity (Wildman–Crippen MR) is 52.7 cm³/mol. The first kappa shape index (κ1) is 12.5. The maximum atomic E-state index is 10.7. The van der Waals surface area contributed by atoms with Gasteiger partial charge in [-0.3, -0.25) is 4.79 Å². The Hall–Kier alpha value is -1.48. The molecule has 2 atom stereocenters. The van der Waals surface area contributed by atoms with Crippen LogP contribution in [-0.4, -0.2) is 43.5 Å². The fourth-order valence-electron chi connectivity index (χ4n) is 0.875. The van der Waals surface area contributed by atoms with E-state index in [0.717, 1.165) is 0 Å². The molecule has 0 radical (unpaired) electrons. The highest BCUT2D eigenvalue weighted by atomic mass is 16.5. The third-order valence-electron chi connectivity index (χ3n) is 1.52. The number of carbonyl (C=O) groups excluding carboxylic acids is 1. The molecule has 0 heterocycles. The van der Waals surface area contributed by atoms with E-state index in [1.54, 1.807) is 0 Å². The van der Waals surface area contributed by atoms with Crippen LogP contribution >= 0.6 is 0 Å². The maximum Gasteiger partial charge on any atom is 0.328 e. The highest BCUT2D eigenvalue weighted by Crippen LogP contribution is 1.99. The van der Waals surface area contributed by atoms with Gasteiger partial charge in [0.15, 0.2) is 11.8 Å². The Bertz CT molecular complexity index is 261. The van der Waals surface area contributed by atoms with Crippen molar-refractivity contribution < 1.29 is 19.4 Å². The van der Waals surface area contributed by atoms with E-state index in [1.807, 2.05) is 0 Å². The molecule has 76 valence electrons. The molecule has 0 aliphatic carbocycles. The molecule has 0 aromatic carbocycles. The van der Waals surface area contributed by atoms with Gasteiger partial charge in [0.2, 0.25) is 7.85 Å². The van der Waals surface area contributed by atoms with E-state index in [4.69, 9.17) is 16.3 Å². The molecule has 0 unspecified atom stereocenters. The van der Waals surface area contributed by atoms with Crippen molar-refractivity contribution in [1.82, 2.24) is 5.32 Å². The van der Waals surface area contributed by atoms with E-state index >= 15 is 0 Å². The second kappa shape index (κ2) is 6.05. The zero-order valence-corrected chi connectivity index (χ0v) is 8.11. The number of rotatable bonds is 5. The number of carboxylic acids is 1. The van der Waals surface area contributed by atoms with Gasteiger partial charge in [0.05, 0.1) is 6.10 Å². The number of terminal acetylenes is 1. The van der Waals surface area contributed by atoms with Crippen molar-refractivity contribution in [2.24, 2.45) is 0 Å². The van der Waals surface area contributed by atoms with Gasteiger partial charge in [-0.25, -0.2) is 4.79 Å². The summed E-state index contributed by atoms with van der Waals surface area (Å²) in [5, 5.41) is 11.0. The fourth-order valence-corrected chi connectivity index (χ4v) is 0.875. The summed E-state index contributed by atoms with van der Waals surface area (Å²) in [4.78, 5) is 21.4. The molecule has 14 heavy (non-hydrogen) atoms. The van der Waals surface area contributed by atoms with Crippen LogP contribution < -0.4 is 5.32 Å². The van der Waals surface area contributed by atoms with Crippen LogP contribution in [-0.2, 0) is 9.53 Å². The van der Waals surface area contributed by atoms with Crippen LogP contribution in [0.3, 0.4) is 0 Å². The predicted octanol–water partition coefficient (Wildman–Crippen LogP) is -1.18. The summed E-state index contributed by atoms with van der Waals surface area (Å²) in [6, 6.07) is -1.07. The molecule has 0 bridgehead atoms. The van der Waals surface area contributed by atoms with Crippen molar-refractivity contribution in [3.63, 3.8) is 0 Å². The maximum absolute atomic E-state index is 10.7. The van der Waals surface area contributed by atoms with E-state index in [-0.39, 0.29) is 6.61 Å². The number of carboxylic acid groups (broad SMARTS) is 1. The minimum Gasteiger partial charge on any atom is -0.480 e. The van der Waals surface area contributed by atoms with Crippen LogP contribution in [0, 0.1) is 12.3 Å². The lowest BCUT2D eigenvalue weighted by molar-refractivity contribution is -0.142. The van der Waals surface area contributed by atoms with Crippen LogP contribution in [0.5, 0.6) is 0 Å². The van der Waals surface area contributed by atoms with Crippen LogP contribution in [0.4, 0.5) is 4.79 Å². The second-order valence-electron chi connectivity index (χ2n) is 2.74. The van der Waals surface area contributed by atoms with E-state index < -0.39 is 23.9 Å². The minimum atomic E-state index is -1.15. The average molecular weight is 197 g/mol. The van der Waals surface area contributed by atoms with Crippen LogP contribution in [0.2, 0.25) is 0 Å². The van der Waals surface area contributed by atoms with Gasteiger partial charge in [0, 0.05) is 0 Å². The molecule has 0 aromatic heterocycles. The molecule has 0 aliphatic rings. The number of aliphatic carboxylic acids is 1. The smallest absolute Gasteiger partial charge is 0.328 e. The van der Waals surface area contributed by atoms with Crippen molar-refractivity contribution in [2.75, 3.05) is 6.61 Å². The zero-order valence-electron chi connectivity index (χ0n) is 8.11. The topological polar surface area (TPSA) is 75.6 Å². The molecule has 0 spiro atoms. The Morgan fingerprint density at radius 3 is 2.64 bits per heavy atom. The monoisotopic (exact) mass is 197 g/mol. The van der Waals surface area contributed by atoms with Gasteiger partial charge < -0.3 is 15.2 Å². The van der Waals surface area contributed by atoms with Gasteiger partial charge in [0.1, 0.15) is 6.61 Å². The Morgan fingerprint density at radius 1 is 1.71 bits per heavy atom. The van der Waals surface area contributed by atoms with Gasteiger partial charge in [-0.15, -0.1) is 6.42 Å². The zero-order chi connectivity index (χ0) is 11.1. The Balaban J connectivity index is 4.27. The van der Waals surface area contributed by atoms with Crippen molar-refractivity contribution in [3.8, 4) is 12.3 Å². The second-order valence-corrected chi connectivity index (χ2v) is 2.74. The minimum absolute atomic E-state index is 0.0184. The standard InChI is InChI=1S/C8H12BNO4/c1-3-4-14-5(2)6(7(11)12)10-8(9)13/h1,5-6H,4,9H2,2H3,(H,10,13)(H,11,12)/t5-,6+/m1/s1. The summed E-state index contributed by atoms with van der Waals surface area (Å²) in [7, 11) is 1.24. The van der Waals surface area contributed by atoms with E-state index in [0.29, 0.717) is 0 Å². The van der Waals surface area contributed by atoms with Crippen LogP contribution in [0.25, 0.3) is 0 Å². The summed E-state index contributed by atoms with van der Waals surface area (Å²) in [5.74, 6) is 0.647. The molecular weight excluding hydrogens is 185 g/mol. The summed E-state index contributed by atoms with van der Waals surface area (Å²) < 4.78 is 4.98. The average Bonchev–Trinajstić information content (AvgIpc) is 2.09. The van der Waals surface area contributed by atoms with Gasteiger partial charge in [-0.2, -0.15) is 0 Å². The van der Waals surface area contributed by atoms with Crippen LogP contribution in [0.15, 0.2) is 0 Å². The molecule has 0 saturated carbocycles. The lowest BCUT2D eigenvalue weighted by atomic mass is 10.1. The quantitative estimate of drug-likeness (QED) is 0.429. The van der Waals surface area contributed by atoms with Crippen molar-refractivity contribution in [1.29, 1.82) is 0 Å². The Kier molecular flexibility index (Phi) is 5.41. The largest absolute Gasteiger partial charge is 0.480 e. The molecule has 0 fully saturated rings. The normalized spacial score (nSPS) is 13.7. The van der Waals surface area contributed by atoms with E-state index in [9.17, 15) is 9.59 Å². The molecule has 2 N–H and O–H groups in total. The molecule has 0 rings (SSSR count). The number of hydrogen-bond acceptors (Lipinski definition) is 3. The molecule has 0 saturated heterocycles. The third-order valence-corrected chi connectivity index (χ3v) is 1.52. The summed E-state index contributed by atoms with van der Waals surface area (Å²) in [6.07, 6.45) is 4.28.